The van der Waals surface area contributed by atoms with Gasteiger partial charge in [-0.05, 0) is 32.8 Å². The minimum Gasteiger partial charge on any atom is -0.453 e. The highest BCUT2D eigenvalue weighted by molar-refractivity contribution is 5.94. The van der Waals surface area contributed by atoms with Crippen LogP contribution in [0.5, 0.6) is 0 Å². The van der Waals surface area contributed by atoms with Crippen molar-refractivity contribution in [3.8, 4) is 0 Å². The zero-order valence-electron chi connectivity index (χ0n) is 13.3. The number of cyclic esters (lactones) is 1. The summed E-state index contributed by atoms with van der Waals surface area (Å²) in [6.07, 6.45) is 9.13. The van der Waals surface area contributed by atoms with Crippen LogP contribution in [0.4, 0.5) is 0 Å². The van der Waals surface area contributed by atoms with Crippen molar-refractivity contribution in [2.75, 3.05) is 0 Å². The molecule has 0 radical (unpaired) electrons. The van der Waals surface area contributed by atoms with Gasteiger partial charge in [-0.1, -0.05) is 24.2 Å². The van der Waals surface area contributed by atoms with Crippen LogP contribution in [0, 0.1) is 0 Å². The number of ether oxygens (including phenoxy) is 1. The van der Waals surface area contributed by atoms with E-state index < -0.39 is 5.60 Å². The smallest absolute Gasteiger partial charge is 0.338 e. The van der Waals surface area contributed by atoms with Crippen molar-refractivity contribution in [3.63, 3.8) is 0 Å². The van der Waals surface area contributed by atoms with Crippen molar-refractivity contribution < 1.29 is 14.7 Å². The summed E-state index contributed by atoms with van der Waals surface area (Å²) >= 11 is 0. The van der Waals surface area contributed by atoms with Crippen LogP contribution in [-0.4, -0.2) is 32.5 Å². The molecule has 0 saturated heterocycles. The van der Waals surface area contributed by atoms with Gasteiger partial charge in [-0.15, -0.1) is 0 Å². The normalized spacial score (nSPS) is 21.8. The second-order valence-electron chi connectivity index (χ2n) is 5.77. The van der Waals surface area contributed by atoms with E-state index >= 15 is 0 Å². The van der Waals surface area contributed by atoms with E-state index in [1.54, 1.807) is 18.6 Å². The summed E-state index contributed by atoms with van der Waals surface area (Å²) in [7, 11) is 0. The molecule has 0 spiro atoms. The first-order valence-electron chi connectivity index (χ1n) is 7.22. The maximum Gasteiger partial charge on any atom is 0.338 e. The maximum absolute atomic E-state index is 12.2. The minimum absolute atomic E-state index is 0.225. The molecule has 0 amide bonds. The Kier molecular flexibility index (Phi) is 4.49. The molecule has 0 fully saturated rings. The standard InChI is InChI=1S/C16H21N3O3/c1-5-6-7-13-11(2)14(16(3,4)22-15(13)20)19-10-17-8-12(19)9-18-21/h6-10,14,21H,5H2,1-4H3/b7-6-,18-9-. The Hall–Kier alpha value is -2.37. The monoisotopic (exact) mass is 303 g/mol. The molecule has 1 atom stereocenters. The molecule has 118 valence electrons. The molecule has 1 aliphatic rings. The van der Waals surface area contributed by atoms with Gasteiger partial charge in [0.05, 0.1) is 36.0 Å². The molecule has 22 heavy (non-hydrogen) atoms. The number of hydrogen-bond donors (Lipinski definition) is 1. The van der Waals surface area contributed by atoms with Crippen LogP contribution in [0.2, 0.25) is 0 Å². The Labute approximate surface area is 129 Å². The van der Waals surface area contributed by atoms with E-state index in [0.717, 1.165) is 12.0 Å². The molecule has 0 saturated carbocycles. The molecule has 1 aromatic rings. The lowest BCUT2D eigenvalue weighted by atomic mass is 9.86. The van der Waals surface area contributed by atoms with Crippen LogP contribution >= 0.6 is 0 Å². The zero-order chi connectivity index (χ0) is 16.3. The molecular weight excluding hydrogens is 282 g/mol. The van der Waals surface area contributed by atoms with E-state index in [2.05, 4.69) is 10.1 Å². The fourth-order valence-electron chi connectivity index (χ4n) is 2.85. The van der Waals surface area contributed by atoms with Crippen molar-refractivity contribution in [2.24, 2.45) is 5.16 Å². The Balaban J connectivity index is 2.59. The molecule has 2 heterocycles. The Morgan fingerprint density at radius 3 is 2.91 bits per heavy atom. The lowest BCUT2D eigenvalue weighted by molar-refractivity contribution is -0.157. The van der Waals surface area contributed by atoms with Crippen molar-refractivity contribution in [2.45, 2.75) is 45.8 Å². The van der Waals surface area contributed by atoms with Crippen LogP contribution in [0.15, 0.2) is 41.0 Å². The number of esters is 1. The second kappa shape index (κ2) is 6.17. The summed E-state index contributed by atoms with van der Waals surface area (Å²) in [6.45, 7) is 7.65. The highest BCUT2D eigenvalue weighted by Crippen LogP contribution is 2.40. The van der Waals surface area contributed by atoms with Crippen LogP contribution in [0.1, 0.15) is 45.9 Å². The van der Waals surface area contributed by atoms with E-state index in [9.17, 15) is 4.79 Å². The first kappa shape index (κ1) is 16.0. The predicted molar refractivity (Wildman–Crippen MR) is 82.9 cm³/mol. The zero-order valence-corrected chi connectivity index (χ0v) is 13.3. The van der Waals surface area contributed by atoms with Gasteiger partial charge in [0.25, 0.3) is 0 Å². The third-order valence-electron chi connectivity index (χ3n) is 3.75. The molecule has 1 aromatic heterocycles. The van der Waals surface area contributed by atoms with Crippen molar-refractivity contribution in [3.05, 3.63) is 41.5 Å². The van der Waals surface area contributed by atoms with E-state index in [1.807, 2.05) is 38.3 Å². The van der Waals surface area contributed by atoms with Gasteiger partial charge in [-0.25, -0.2) is 9.78 Å². The van der Waals surface area contributed by atoms with E-state index in [4.69, 9.17) is 9.94 Å². The fourth-order valence-corrected chi connectivity index (χ4v) is 2.85. The lowest BCUT2D eigenvalue weighted by Gasteiger charge is -2.40. The number of aromatic nitrogens is 2. The Morgan fingerprint density at radius 2 is 2.27 bits per heavy atom. The van der Waals surface area contributed by atoms with Gasteiger partial charge in [0.15, 0.2) is 0 Å². The molecule has 0 aliphatic carbocycles. The molecule has 1 N–H and O–H groups in total. The van der Waals surface area contributed by atoms with Crippen molar-refractivity contribution in [1.82, 2.24) is 9.55 Å². The summed E-state index contributed by atoms with van der Waals surface area (Å²) in [5, 5.41) is 11.9. The highest BCUT2D eigenvalue weighted by atomic mass is 16.6. The largest absolute Gasteiger partial charge is 0.453 e. The summed E-state index contributed by atoms with van der Waals surface area (Å²) in [5.74, 6) is -0.319. The van der Waals surface area contributed by atoms with Crippen LogP contribution < -0.4 is 0 Å². The average Bonchev–Trinajstić information content (AvgIpc) is 2.86. The third-order valence-corrected chi connectivity index (χ3v) is 3.75. The molecule has 6 heteroatoms. The summed E-state index contributed by atoms with van der Waals surface area (Å²) < 4.78 is 7.47. The van der Waals surface area contributed by atoms with Crippen LogP contribution in [-0.2, 0) is 9.53 Å². The number of carbonyl (C=O) groups excluding carboxylic acids is 1. The summed E-state index contributed by atoms with van der Waals surface area (Å²) in [4.78, 5) is 16.3. The van der Waals surface area contributed by atoms with Crippen LogP contribution in [0.25, 0.3) is 0 Å². The SMILES string of the molecule is CC/C=C\C1=C(C)C(n2cncc2/C=N\O)C(C)(C)OC1=O. The first-order chi connectivity index (χ1) is 10.4. The first-order valence-corrected chi connectivity index (χ1v) is 7.22. The fraction of sp³-hybridized carbons (Fsp3) is 0.438. The Morgan fingerprint density at radius 1 is 1.55 bits per heavy atom. The topological polar surface area (TPSA) is 76.7 Å². The van der Waals surface area contributed by atoms with Gasteiger partial charge in [0.2, 0.25) is 0 Å². The minimum atomic E-state index is -0.733. The number of allylic oxidation sites excluding steroid dienone is 1. The summed E-state index contributed by atoms with van der Waals surface area (Å²) in [6, 6.07) is -0.225. The quantitative estimate of drug-likeness (QED) is 0.401. The molecule has 6 nitrogen and oxygen atoms in total. The highest BCUT2D eigenvalue weighted by Gasteiger charge is 2.42. The van der Waals surface area contributed by atoms with Crippen LogP contribution in [0.3, 0.4) is 0 Å². The number of rotatable bonds is 4. The molecular formula is C16H21N3O3. The number of nitrogens with zero attached hydrogens (tertiary/aromatic N) is 3. The number of carbonyl (C=O) groups is 1. The van der Waals surface area contributed by atoms with Gasteiger partial charge in [0.1, 0.15) is 5.60 Å². The van der Waals surface area contributed by atoms with Crippen molar-refractivity contribution >= 4 is 12.2 Å². The van der Waals surface area contributed by atoms with Gasteiger partial charge in [-0.3, -0.25) is 0 Å². The molecule has 1 aliphatic heterocycles. The Bertz CT molecular complexity index is 653. The van der Waals surface area contributed by atoms with Gasteiger partial charge < -0.3 is 14.5 Å². The lowest BCUT2D eigenvalue weighted by Crippen LogP contribution is -2.43. The number of oxime groups is 1. The molecule has 0 bridgehead atoms. The van der Waals surface area contributed by atoms with Gasteiger partial charge >= 0.3 is 5.97 Å². The molecule has 1 unspecified atom stereocenters. The van der Waals surface area contributed by atoms with Crippen molar-refractivity contribution in [1.29, 1.82) is 0 Å². The summed E-state index contributed by atoms with van der Waals surface area (Å²) in [5.41, 5.74) is 1.36. The van der Waals surface area contributed by atoms with E-state index in [1.165, 1.54) is 6.21 Å². The van der Waals surface area contributed by atoms with Gasteiger partial charge in [0, 0.05) is 0 Å². The number of hydrogen-bond acceptors (Lipinski definition) is 5. The predicted octanol–water partition coefficient (Wildman–Crippen LogP) is 2.85. The second-order valence-corrected chi connectivity index (χ2v) is 5.77. The molecule has 2 rings (SSSR count). The van der Waals surface area contributed by atoms with E-state index in [0.29, 0.717) is 11.3 Å². The maximum atomic E-state index is 12.2. The average molecular weight is 303 g/mol. The molecule has 0 aromatic carbocycles. The number of imidazole rings is 1. The van der Waals surface area contributed by atoms with E-state index in [-0.39, 0.29) is 12.0 Å². The third kappa shape index (κ3) is 2.81. The van der Waals surface area contributed by atoms with Gasteiger partial charge in [-0.2, -0.15) is 0 Å².